The van der Waals surface area contributed by atoms with Crippen molar-refractivity contribution in [1.29, 1.82) is 0 Å². The molecule has 0 saturated carbocycles. The number of hydrazone groups is 1. The van der Waals surface area contributed by atoms with Crippen molar-refractivity contribution in [2.75, 3.05) is 10.6 Å². The maximum absolute atomic E-state index is 10.7. The second-order valence-corrected chi connectivity index (χ2v) is 5.41. The third kappa shape index (κ3) is 4.49. The number of aryl methyl sites for hydroxylation is 2. The Kier molecular flexibility index (Phi) is 5.37. The molecule has 0 saturated heterocycles. The number of thiol groups is 1. The van der Waals surface area contributed by atoms with E-state index in [1.54, 1.807) is 0 Å². The Morgan fingerprint density at radius 3 is 1.73 bits per heavy atom. The molecule has 0 unspecified atom stereocenters. The van der Waals surface area contributed by atoms with Crippen molar-refractivity contribution in [3.05, 3.63) is 59.7 Å². The summed E-state index contributed by atoms with van der Waals surface area (Å²) >= 11 is 0. The zero-order valence-corrected chi connectivity index (χ0v) is 13.2. The highest BCUT2D eigenvalue weighted by Crippen LogP contribution is 2.16. The van der Waals surface area contributed by atoms with Crippen molar-refractivity contribution >= 4 is 28.2 Å². The van der Waals surface area contributed by atoms with Crippen LogP contribution >= 0.6 is 0 Å². The van der Waals surface area contributed by atoms with Gasteiger partial charge < -0.3 is 10.6 Å². The van der Waals surface area contributed by atoms with Crippen LogP contribution in [0, 0.1) is 13.8 Å². The van der Waals surface area contributed by atoms with Gasteiger partial charge in [0, 0.05) is 11.4 Å². The molecule has 3 N–H and O–H groups in total. The van der Waals surface area contributed by atoms with Gasteiger partial charge in [-0.05, 0) is 37.1 Å². The Balaban J connectivity index is 2.25. The molecule has 0 aromatic heterocycles. The van der Waals surface area contributed by atoms with Crippen LogP contribution in [0.4, 0.5) is 11.4 Å². The molecule has 0 bridgehead atoms. The molecule has 0 amide bonds. The molecule has 2 rings (SSSR count). The number of rotatable bonds is 4. The Morgan fingerprint density at radius 1 is 0.864 bits per heavy atom. The molecule has 0 aliphatic carbocycles. The summed E-state index contributed by atoms with van der Waals surface area (Å²) in [5.74, 6) is 0.294. The van der Waals surface area contributed by atoms with Crippen LogP contribution in [-0.4, -0.2) is 14.4 Å². The Labute approximate surface area is 131 Å². The number of hydrogen-bond donors (Lipinski definition) is 4. The van der Waals surface area contributed by atoms with E-state index in [0.717, 1.165) is 22.5 Å². The van der Waals surface area contributed by atoms with E-state index in [-0.39, 0.29) is 0 Å². The molecule has 7 heteroatoms. The molecular formula is C15H18N4O2S. The zero-order valence-electron chi connectivity index (χ0n) is 12.3. The van der Waals surface area contributed by atoms with E-state index in [0.29, 0.717) is 5.96 Å². The average Bonchev–Trinajstić information content (AvgIpc) is 2.49. The molecule has 0 fully saturated rings. The van der Waals surface area contributed by atoms with Gasteiger partial charge >= 0.3 is 0 Å². The lowest BCUT2D eigenvalue weighted by Gasteiger charge is -2.15. The highest BCUT2D eigenvalue weighted by atomic mass is 32.2. The quantitative estimate of drug-likeness (QED) is 0.301. The van der Waals surface area contributed by atoms with E-state index in [9.17, 15) is 8.42 Å². The number of benzene rings is 2. The van der Waals surface area contributed by atoms with E-state index < -0.39 is 10.9 Å². The molecule has 6 nitrogen and oxygen atoms in total. The fourth-order valence-electron chi connectivity index (χ4n) is 1.86. The van der Waals surface area contributed by atoms with Crippen LogP contribution in [0.3, 0.4) is 0 Å². The van der Waals surface area contributed by atoms with Crippen molar-refractivity contribution in [3.63, 3.8) is 0 Å². The van der Waals surface area contributed by atoms with E-state index in [4.69, 9.17) is 0 Å². The predicted molar refractivity (Wildman–Crippen MR) is 90.5 cm³/mol. The summed E-state index contributed by atoms with van der Waals surface area (Å²) in [5, 5.41) is 10.0. The van der Waals surface area contributed by atoms with Gasteiger partial charge in [0.1, 0.15) is 0 Å². The van der Waals surface area contributed by atoms with E-state index >= 15 is 0 Å². The minimum atomic E-state index is -2.82. The second-order valence-electron chi connectivity index (χ2n) is 4.70. The molecule has 116 valence electrons. The van der Waals surface area contributed by atoms with Gasteiger partial charge in [-0.1, -0.05) is 36.4 Å². The second kappa shape index (κ2) is 7.46. The molecule has 0 aliphatic heterocycles. The first-order valence-corrected chi connectivity index (χ1v) is 7.87. The first-order valence-electron chi connectivity index (χ1n) is 6.69. The van der Waals surface area contributed by atoms with Gasteiger partial charge in [-0.25, -0.2) is 13.2 Å². The molecule has 2 aromatic rings. The van der Waals surface area contributed by atoms with Gasteiger partial charge in [-0.15, -0.1) is 5.10 Å². The summed E-state index contributed by atoms with van der Waals surface area (Å²) < 4.78 is 21.4. The third-order valence-electron chi connectivity index (χ3n) is 3.04. The fourth-order valence-corrected chi connectivity index (χ4v) is 2.04. The number of anilines is 2. The Bertz CT molecular complexity index is 699. The van der Waals surface area contributed by atoms with E-state index in [2.05, 4.69) is 15.7 Å². The minimum Gasteiger partial charge on any atom is -0.324 e. The van der Waals surface area contributed by atoms with Crippen LogP contribution < -0.4 is 15.5 Å². The first kappa shape index (κ1) is 15.8. The van der Waals surface area contributed by atoms with Crippen LogP contribution in [0.2, 0.25) is 0 Å². The largest absolute Gasteiger partial charge is 0.324 e. The summed E-state index contributed by atoms with van der Waals surface area (Å²) in [7, 11) is -2.82. The van der Waals surface area contributed by atoms with Crippen molar-refractivity contribution in [2.45, 2.75) is 13.8 Å². The number of hydrogen-bond acceptors (Lipinski definition) is 3. The fraction of sp³-hybridized carbons (Fsp3) is 0.133. The van der Waals surface area contributed by atoms with Gasteiger partial charge in [0.25, 0.3) is 0 Å². The number of nitrogens with zero attached hydrogens (tertiary/aromatic N) is 1. The Hall–Kier alpha value is -2.54. The minimum absolute atomic E-state index is 0.294. The van der Waals surface area contributed by atoms with Crippen molar-refractivity contribution in [2.24, 2.45) is 5.10 Å². The molecule has 2 aromatic carbocycles. The van der Waals surface area contributed by atoms with Crippen LogP contribution in [0.1, 0.15) is 11.1 Å². The maximum atomic E-state index is 10.7. The maximum Gasteiger partial charge on any atom is 0.237 e. The number of guanidine groups is 1. The van der Waals surface area contributed by atoms with Gasteiger partial charge in [0.2, 0.25) is 16.8 Å². The summed E-state index contributed by atoms with van der Waals surface area (Å²) in [6, 6.07) is 15.3. The molecule has 0 atom stereocenters. The SMILES string of the molecule is Cc1ccccc1NC(=NN[SH](=O)=O)Nc1ccccc1C. The highest BCUT2D eigenvalue weighted by molar-refractivity contribution is 7.70. The predicted octanol–water partition coefficient (Wildman–Crippen LogP) is 2.21. The van der Waals surface area contributed by atoms with Crippen molar-refractivity contribution in [1.82, 2.24) is 4.83 Å². The third-order valence-corrected chi connectivity index (χ3v) is 3.30. The smallest absolute Gasteiger partial charge is 0.237 e. The summed E-state index contributed by atoms with van der Waals surface area (Å²) in [5.41, 5.74) is 3.72. The van der Waals surface area contributed by atoms with Crippen molar-refractivity contribution in [3.8, 4) is 0 Å². The molecule has 0 heterocycles. The van der Waals surface area contributed by atoms with E-state index in [1.165, 1.54) is 0 Å². The van der Waals surface area contributed by atoms with Gasteiger partial charge in [0.15, 0.2) is 0 Å². The lowest BCUT2D eigenvalue weighted by atomic mass is 10.2. The summed E-state index contributed by atoms with van der Waals surface area (Å²) in [6.07, 6.45) is 0. The standard InChI is InChI=1S/C15H18N4O2S/c1-11-7-3-5-9-13(11)16-15(18-19-22(20)21)17-14-10-6-4-8-12(14)2/h3-10,22H,1-2H3,(H2,16,17,18)(H,19,20,21). The van der Waals surface area contributed by atoms with Crippen LogP contribution in [0.25, 0.3) is 0 Å². The lowest BCUT2D eigenvalue weighted by Crippen LogP contribution is -2.26. The number of nitrogens with one attached hydrogen (secondary N) is 3. The van der Waals surface area contributed by atoms with Crippen LogP contribution in [0.15, 0.2) is 53.6 Å². The van der Waals surface area contributed by atoms with Crippen LogP contribution in [0.5, 0.6) is 0 Å². The molecule has 22 heavy (non-hydrogen) atoms. The highest BCUT2D eigenvalue weighted by Gasteiger charge is 2.05. The average molecular weight is 318 g/mol. The first-order chi connectivity index (χ1) is 10.6. The topological polar surface area (TPSA) is 82.6 Å². The zero-order chi connectivity index (χ0) is 15.9. The van der Waals surface area contributed by atoms with Gasteiger partial charge in [0.05, 0.1) is 0 Å². The number of para-hydroxylation sites is 2. The van der Waals surface area contributed by atoms with Gasteiger partial charge in [-0.3, -0.25) is 0 Å². The summed E-state index contributed by atoms with van der Waals surface area (Å²) in [6.45, 7) is 3.91. The normalized spacial score (nSPS) is 10.1. The molecule has 0 aliphatic rings. The summed E-state index contributed by atoms with van der Waals surface area (Å²) in [4.78, 5) is 2.04. The van der Waals surface area contributed by atoms with Crippen LogP contribution in [-0.2, 0) is 10.9 Å². The van der Waals surface area contributed by atoms with E-state index in [1.807, 2.05) is 67.2 Å². The van der Waals surface area contributed by atoms with Gasteiger partial charge in [-0.2, -0.15) is 0 Å². The molecule has 0 radical (unpaired) electrons. The monoisotopic (exact) mass is 318 g/mol. The molecular weight excluding hydrogens is 300 g/mol. The molecule has 0 spiro atoms. The Morgan fingerprint density at radius 2 is 1.32 bits per heavy atom. The van der Waals surface area contributed by atoms with Crippen molar-refractivity contribution < 1.29 is 8.42 Å². The lowest BCUT2D eigenvalue weighted by molar-refractivity contribution is 0.604.